The van der Waals surface area contributed by atoms with Crippen LogP contribution in [0.5, 0.6) is 0 Å². The maximum absolute atomic E-state index is 12.6. The largest absolute Gasteiger partial charge is 0.456 e. The van der Waals surface area contributed by atoms with E-state index in [4.69, 9.17) is 4.74 Å². The third kappa shape index (κ3) is 5.72. The number of allylic oxidation sites excluding steroid dienone is 2. The van der Waals surface area contributed by atoms with Gasteiger partial charge in [0.15, 0.2) is 0 Å². The van der Waals surface area contributed by atoms with Crippen LogP contribution in [0.15, 0.2) is 23.8 Å². The molecule has 0 saturated heterocycles. The lowest BCUT2D eigenvalue weighted by Gasteiger charge is -2.43. The first kappa shape index (κ1) is 22.2. The molecule has 1 fully saturated rings. The van der Waals surface area contributed by atoms with Gasteiger partial charge in [0.25, 0.3) is 0 Å². The Morgan fingerprint density at radius 3 is 2.30 bits per heavy atom. The van der Waals surface area contributed by atoms with Crippen LogP contribution in [-0.2, 0) is 9.53 Å². The Morgan fingerprint density at radius 1 is 1.19 bits per heavy atom. The highest BCUT2D eigenvalue weighted by Gasteiger charge is 2.38. The molecule has 2 unspecified atom stereocenters. The maximum atomic E-state index is 12.6. The van der Waals surface area contributed by atoms with Crippen molar-refractivity contribution in [3.8, 4) is 0 Å². The fourth-order valence-electron chi connectivity index (χ4n) is 4.60. The fourth-order valence-corrected chi connectivity index (χ4v) is 4.60. The topological polar surface area (TPSA) is 26.3 Å². The quantitative estimate of drug-likeness (QED) is 0.418. The van der Waals surface area contributed by atoms with Gasteiger partial charge in [-0.25, -0.2) is 4.79 Å². The average molecular weight is 375 g/mol. The summed E-state index contributed by atoms with van der Waals surface area (Å²) in [7, 11) is 0. The number of carbonyl (C=O) groups is 1. The normalized spacial score (nSPS) is 23.8. The molecule has 154 valence electrons. The van der Waals surface area contributed by atoms with E-state index in [1.807, 2.05) is 6.08 Å². The molecule has 2 nitrogen and oxygen atoms in total. The molecule has 2 aliphatic rings. The lowest BCUT2D eigenvalue weighted by atomic mass is 9.62. The molecule has 2 atom stereocenters. The fraction of sp³-hybridized carbons (Fsp3) is 0.800. The summed E-state index contributed by atoms with van der Waals surface area (Å²) < 4.78 is 5.86. The van der Waals surface area contributed by atoms with Crippen molar-refractivity contribution in [1.29, 1.82) is 0 Å². The summed E-state index contributed by atoms with van der Waals surface area (Å²) in [5, 5.41) is 0. The molecule has 0 aliphatic heterocycles. The van der Waals surface area contributed by atoms with Crippen molar-refractivity contribution in [1.82, 2.24) is 0 Å². The van der Waals surface area contributed by atoms with Gasteiger partial charge in [0.1, 0.15) is 5.60 Å². The molecule has 1 saturated carbocycles. The van der Waals surface area contributed by atoms with Crippen molar-refractivity contribution in [3.63, 3.8) is 0 Å². The third-order valence-electron chi connectivity index (χ3n) is 7.53. The van der Waals surface area contributed by atoms with Crippen LogP contribution < -0.4 is 0 Å². The first-order valence-corrected chi connectivity index (χ1v) is 11.1. The van der Waals surface area contributed by atoms with E-state index in [0.717, 1.165) is 24.8 Å². The Morgan fingerprint density at radius 2 is 1.81 bits per heavy atom. The number of carbonyl (C=O) groups excluding carboxylic acids is 1. The van der Waals surface area contributed by atoms with Gasteiger partial charge in [-0.1, -0.05) is 72.6 Å². The second-order valence-corrected chi connectivity index (χ2v) is 10.6. The van der Waals surface area contributed by atoms with Gasteiger partial charge in [0, 0.05) is 0 Å². The highest BCUT2D eigenvalue weighted by molar-refractivity contribution is 5.92. The average Bonchev–Trinajstić information content (AvgIpc) is 3.05. The van der Waals surface area contributed by atoms with E-state index >= 15 is 0 Å². The van der Waals surface area contributed by atoms with E-state index in [1.54, 1.807) is 0 Å². The first-order valence-electron chi connectivity index (χ1n) is 11.1. The van der Waals surface area contributed by atoms with E-state index in [-0.39, 0.29) is 11.6 Å². The predicted octanol–water partition coefficient (Wildman–Crippen LogP) is 7.24. The van der Waals surface area contributed by atoms with Crippen LogP contribution in [-0.4, -0.2) is 11.6 Å². The van der Waals surface area contributed by atoms with Crippen molar-refractivity contribution in [3.05, 3.63) is 23.8 Å². The van der Waals surface area contributed by atoms with Crippen molar-refractivity contribution in [2.75, 3.05) is 0 Å². The first-order chi connectivity index (χ1) is 12.5. The lowest BCUT2D eigenvalue weighted by Crippen LogP contribution is -2.34. The number of ether oxygens (including phenoxy) is 1. The van der Waals surface area contributed by atoms with Gasteiger partial charge in [-0.15, -0.1) is 0 Å². The van der Waals surface area contributed by atoms with Crippen molar-refractivity contribution in [2.45, 2.75) is 105 Å². The van der Waals surface area contributed by atoms with Crippen LogP contribution in [0.2, 0.25) is 0 Å². The van der Waals surface area contributed by atoms with Crippen molar-refractivity contribution >= 4 is 5.97 Å². The molecule has 0 heterocycles. The van der Waals surface area contributed by atoms with E-state index in [0.29, 0.717) is 22.7 Å². The molecule has 0 aromatic heterocycles. The smallest absolute Gasteiger partial charge is 0.338 e. The Balaban J connectivity index is 2.07. The van der Waals surface area contributed by atoms with Gasteiger partial charge in [0.2, 0.25) is 0 Å². The summed E-state index contributed by atoms with van der Waals surface area (Å²) >= 11 is 0. The second-order valence-electron chi connectivity index (χ2n) is 10.6. The molecule has 0 aromatic carbocycles. The minimum Gasteiger partial charge on any atom is -0.456 e. The van der Waals surface area contributed by atoms with E-state index in [2.05, 4.69) is 60.6 Å². The monoisotopic (exact) mass is 374 g/mol. The van der Waals surface area contributed by atoms with E-state index in [9.17, 15) is 4.79 Å². The molecule has 0 amide bonds. The third-order valence-corrected chi connectivity index (χ3v) is 7.53. The SMILES string of the molecule is CCC(C)(C)CC(C1C=CC(C(=O)OC2(C)CCCC2)=CC1)C(C)(C)CC. The van der Waals surface area contributed by atoms with Crippen LogP contribution in [0, 0.1) is 22.7 Å². The molecule has 2 heteroatoms. The van der Waals surface area contributed by atoms with Gasteiger partial charge in [-0.3, -0.25) is 0 Å². The summed E-state index contributed by atoms with van der Waals surface area (Å²) in [6.07, 6.45) is 15.3. The molecule has 0 spiro atoms. The molecule has 2 rings (SSSR count). The van der Waals surface area contributed by atoms with Crippen LogP contribution in [0.3, 0.4) is 0 Å². The van der Waals surface area contributed by atoms with Gasteiger partial charge in [-0.05, 0) is 68.1 Å². The number of hydrogen-bond donors (Lipinski definition) is 0. The van der Waals surface area contributed by atoms with Gasteiger partial charge in [0.05, 0.1) is 5.57 Å². The predicted molar refractivity (Wildman–Crippen MR) is 115 cm³/mol. The zero-order chi connectivity index (χ0) is 20.3. The highest BCUT2D eigenvalue weighted by Crippen LogP contribution is 2.46. The number of rotatable bonds is 8. The minimum atomic E-state index is -0.250. The highest BCUT2D eigenvalue weighted by atomic mass is 16.6. The van der Waals surface area contributed by atoms with E-state index < -0.39 is 0 Å². The summed E-state index contributed by atoms with van der Waals surface area (Å²) in [6.45, 7) is 16.3. The Labute approximate surface area is 167 Å². The zero-order valence-corrected chi connectivity index (χ0v) is 18.9. The van der Waals surface area contributed by atoms with Crippen LogP contribution >= 0.6 is 0 Å². The molecule has 0 radical (unpaired) electrons. The van der Waals surface area contributed by atoms with Gasteiger partial charge in [-0.2, -0.15) is 0 Å². The zero-order valence-electron chi connectivity index (χ0n) is 18.9. The van der Waals surface area contributed by atoms with Crippen LogP contribution in [0.25, 0.3) is 0 Å². The maximum Gasteiger partial charge on any atom is 0.338 e. The van der Waals surface area contributed by atoms with Gasteiger partial charge < -0.3 is 4.74 Å². The lowest BCUT2D eigenvalue weighted by molar-refractivity contribution is -0.152. The molecule has 2 aliphatic carbocycles. The van der Waals surface area contributed by atoms with Crippen LogP contribution in [0.1, 0.15) is 99.8 Å². The number of esters is 1. The molecule has 0 aromatic rings. The Hall–Kier alpha value is -1.05. The minimum absolute atomic E-state index is 0.130. The van der Waals surface area contributed by atoms with Crippen LogP contribution in [0.4, 0.5) is 0 Å². The summed E-state index contributed by atoms with van der Waals surface area (Å²) in [6, 6.07) is 0. The van der Waals surface area contributed by atoms with Crippen molar-refractivity contribution in [2.24, 2.45) is 22.7 Å². The Kier molecular flexibility index (Phi) is 7.03. The van der Waals surface area contributed by atoms with E-state index in [1.165, 1.54) is 32.1 Å². The molecular weight excluding hydrogens is 332 g/mol. The van der Waals surface area contributed by atoms with Crippen molar-refractivity contribution < 1.29 is 9.53 Å². The second kappa shape index (κ2) is 8.53. The summed E-state index contributed by atoms with van der Waals surface area (Å²) in [5.74, 6) is 0.994. The van der Waals surface area contributed by atoms with Gasteiger partial charge >= 0.3 is 5.97 Å². The summed E-state index contributed by atoms with van der Waals surface area (Å²) in [4.78, 5) is 12.6. The molecule has 0 bridgehead atoms. The number of hydrogen-bond acceptors (Lipinski definition) is 2. The summed E-state index contributed by atoms with van der Waals surface area (Å²) in [5.41, 5.74) is 1.15. The Bertz CT molecular complexity index is 573. The molecule has 0 N–H and O–H groups in total. The molecule has 27 heavy (non-hydrogen) atoms. The standard InChI is InChI=1S/C25H42O2/c1-8-23(3,4)18-21(24(5,6)9-2)19-12-14-20(15-13-19)22(26)27-25(7)16-10-11-17-25/h12,14-15,19,21H,8-11,13,16-18H2,1-7H3. The molecular formula is C25H42O2.